The van der Waals surface area contributed by atoms with Crippen LogP contribution in [0.2, 0.25) is 0 Å². The first-order valence-corrected chi connectivity index (χ1v) is 6.57. The van der Waals surface area contributed by atoms with Crippen LogP contribution in [0.15, 0.2) is 24.3 Å². The van der Waals surface area contributed by atoms with Gasteiger partial charge in [0.05, 0.1) is 6.61 Å². The Morgan fingerprint density at radius 2 is 2.14 bits per heavy atom. The Balaban J connectivity index is 2.31. The molecule has 1 atom stereocenters. The second kappa shape index (κ2) is 8.80. The molecule has 0 saturated carbocycles. The maximum Gasteiger partial charge on any atom is 0.258 e. The molecule has 1 aromatic rings. The normalized spacial score (nSPS) is 11.5. The lowest BCUT2D eigenvalue weighted by Gasteiger charge is -2.14. The molecule has 1 aromatic carbocycles. The van der Waals surface area contributed by atoms with Crippen molar-refractivity contribution in [1.82, 2.24) is 10.6 Å². The number of nitrogen functional groups attached to an aromatic ring is 1. The van der Waals surface area contributed by atoms with Crippen LogP contribution in [-0.2, 0) is 14.3 Å². The van der Waals surface area contributed by atoms with Crippen LogP contribution in [0.4, 0.5) is 5.69 Å². The first-order chi connectivity index (χ1) is 10.0. The number of anilines is 1. The fourth-order valence-corrected chi connectivity index (χ4v) is 1.53. The van der Waals surface area contributed by atoms with Gasteiger partial charge in [-0.05, 0) is 19.1 Å². The van der Waals surface area contributed by atoms with E-state index >= 15 is 0 Å². The van der Waals surface area contributed by atoms with E-state index in [9.17, 15) is 9.59 Å². The molecule has 1 rings (SSSR count). The van der Waals surface area contributed by atoms with Gasteiger partial charge >= 0.3 is 0 Å². The van der Waals surface area contributed by atoms with Crippen LogP contribution in [0.1, 0.15) is 6.92 Å². The van der Waals surface area contributed by atoms with Gasteiger partial charge in [0.1, 0.15) is 11.8 Å². The summed E-state index contributed by atoms with van der Waals surface area (Å²) in [6, 6.07) is 6.13. The van der Waals surface area contributed by atoms with Crippen molar-refractivity contribution in [3.63, 3.8) is 0 Å². The van der Waals surface area contributed by atoms with Crippen molar-refractivity contribution < 1.29 is 19.1 Å². The zero-order valence-electron chi connectivity index (χ0n) is 12.2. The number of nitrogens with two attached hydrogens (primary N) is 1. The summed E-state index contributed by atoms with van der Waals surface area (Å²) in [7, 11) is 1.55. The highest BCUT2D eigenvalue weighted by Crippen LogP contribution is 2.13. The quantitative estimate of drug-likeness (QED) is 0.459. The molecule has 1 unspecified atom stereocenters. The first kappa shape index (κ1) is 16.8. The zero-order valence-corrected chi connectivity index (χ0v) is 12.2. The number of hydrogen-bond acceptors (Lipinski definition) is 5. The molecule has 2 amide bonds. The highest BCUT2D eigenvalue weighted by Gasteiger charge is 2.15. The highest BCUT2D eigenvalue weighted by atomic mass is 16.5. The van der Waals surface area contributed by atoms with Crippen molar-refractivity contribution in [3.8, 4) is 5.75 Å². The van der Waals surface area contributed by atoms with E-state index in [1.165, 1.54) is 0 Å². The average Bonchev–Trinajstić information content (AvgIpc) is 2.45. The third-order valence-electron chi connectivity index (χ3n) is 2.60. The molecule has 7 nitrogen and oxygen atoms in total. The Morgan fingerprint density at radius 3 is 2.81 bits per heavy atom. The summed E-state index contributed by atoms with van der Waals surface area (Å²) in [6.45, 7) is 2.24. The molecule has 4 N–H and O–H groups in total. The summed E-state index contributed by atoms with van der Waals surface area (Å²) in [5, 5.41) is 5.18. The summed E-state index contributed by atoms with van der Waals surface area (Å²) in [4.78, 5) is 23.3. The zero-order chi connectivity index (χ0) is 15.7. The van der Waals surface area contributed by atoms with Gasteiger partial charge in [-0.2, -0.15) is 0 Å². The average molecular weight is 295 g/mol. The molecule has 7 heteroatoms. The molecule has 21 heavy (non-hydrogen) atoms. The Hall–Kier alpha value is -2.28. The van der Waals surface area contributed by atoms with Crippen molar-refractivity contribution in [2.24, 2.45) is 0 Å². The van der Waals surface area contributed by atoms with E-state index in [0.717, 1.165) is 0 Å². The third-order valence-corrected chi connectivity index (χ3v) is 2.60. The predicted octanol–water partition coefficient (Wildman–Crippen LogP) is -0.0851. The Labute approximate surface area is 123 Å². The van der Waals surface area contributed by atoms with E-state index in [2.05, 4.69) is 10.6 Å². The molecule has 0 aliphatic heterocycles. The number of nitrogens with one attached hydrogen (secondary N) is 2. The lowest BCUT2D eigenvalue weighted by atomic mass is 10.3. The lowest BCUT2D eigenvalue weighted by Crippen LogP contribution is -2.46. The maximum atomic E-state index is 11.7. The number of rotatable bonds is 8. The van der Waals surface area contributed by atoms with E-state index in [4.69, 9.17) is 15.2 Å². The van der Waals surface area contributed by atoms with Gasteiger partial charge < -0.3 is 25.8 Å². The number of ether oxygens (including phenoxy) is 2. The molecule has 0 aromatic heterocycles. The summed E-state index contributed by atoms with van der Waals surface area (Å²) in [5.41, 5.74) is 6.15. The van der Waals surface area contributed by atoms with Crippen molar-refractivity contribution in [3.05, 3.63) is 24.3 Å². The van der Waals surface area contributed by atoms with Gasteiger partial charge in [0.2, 0.25) is 5.91 Å². The molecule has 0 aliphatic carbocycles. The fourth-order valence-electron chi connectivity index (χ4n) is 1.53. The van der Waals surface area contributed by atoms with E-state index in [1.54, 1.807) is 38.3 Å². The van der Waals surface area contributed by atoms with Crippen molar-refractivity contribution in [2.45, 2.75) is 13.0 Å². The molecule has 0 heterocycles. The number of carbonyl (C=O) groups is 2. The maximum absolute atomic E-state index is 11.7. The van der Waals surface area contributed by atoms with Gasteiger partial charge in [-0.25, -0.2) is 0 Å². The number of methoxy groups -OCH3 is 1. The molecule has 0 bridgehead atoms. The van der Waals surface area contributed by atoms with Gasteiger partial charge in [0.25, 0.3) is 5.91 Å². The van der Waals surface area contributed by atoms with Crippen LogP contribution in [0.25, 0.3) is 0 Å². The topological polar surface area (TPSA) is 103 Å². The predicted molar refractivity (Wildman–Crippen MR) is 78.8 cm³/mol. The molecule has 0 radical (unpaired) electrons. The third kappa shape index (κ3) is 6.62. The molecule has 116 valence electrons. The van der Waals surface area contributed by atoms with Gasteiger partial charge in [-0.1, -0.05) is 6.07 Å². The number of hydrogen-bond donors (Lipinski definition) is 3. The molecular formula is C14H21N3O4. The smallest absolute Gasteiger partial charge is 0.258 e. The van der Waals surface area contributed by atoms with Gasteiger partial charge in [-0.15, -0.1) is 0 Å². The van der Waals surface area contributed by atoms with E-state index in [0.29, 0.717) is 24.6 Å². The summed E-state index contributed by atoms with van der Waals surface area (Å²) in [6.07, 6.45) is 0. The second-order valence-electron chi connectivity index (χ2n) is 4.43. The highest BCUT2D eigenvalue weighted by molar-refractivity contribution is 5.87. The van der Waals surface area contributed by atoms with Crippen molar-refractivity contribution in [1.29, 1.82) is 0 Å². The summed E-state index contributed by atoms with van der Waals surface area (Å²) < 4.78 is 10.1. The SMILES string of the molecule is COCCNC(=O)C(C)NC(=O)COc1cccc(N)c1. The van der Waals surface area contributed by atoms with Gasteiger partial charge in [-0.3, -0.25) is 9.59 Å². The Morgan fingerprint density at radius 1 is 1.38 bits per heavy atom. The van der Waals surface area contributed by atoms with Crippen LogP contribution in [0.3, 0.4) is 0 Å². The summed E-state index contributed by atoms with van der Waals surface area (Å²) >= 11 is 0. The van der Waals surface area contributed by atoms with Gasteiger partial charge in [0.15, 0.2) is 6.61 Å². The van der Waals surface area contributed by atoms with Crippen LogP contribution < -0.4 is 21.1 Å². The van der Waals surface area contributed by atoms with E-state index < -0.39 is 6.04 Å². The second-order valence-corrected chi connectivity index (χ2v) is 4.43. The minimum Gasteiger partial charge on any atom is -0.484 e. The molecule has 0 aliphatic rings. The minimum atomic E-state index is -0.640. The van der Waals surface area contributed by atoms with Crippen molar-refractivity contribution >= 4 is 17.5 Å². The van der Waals surface area contributed by atoms with Crippen LogP contribution >= 0.6 is 0 Å². The van der Waals surface area contributed by atoms with Crippen molar-refractivity contribution in [2.75, 3.05) is 32.6 Å². The Bertz CT molecular complexity index is 479. The van der Waals surface area contributed by atoms with Crippen LogP contribution in [-0.4, -0.2) is 44.7 Å². The first-order valence-electron chi connectivity index (χ1n) is 6.57. The molecule has 0 saturated heterocycles. The number of benzene rings is 1. The van der Waals surface area contributed by atoms with Crippen LogP contribution in [0.5, 0.6) is 5.75 Å². The molecular weight excluding hydrogens is 274 g/mol. The molecule has 0 spiro atoms. The monoisotopic (exact) mass is 295 g/mol. The van der Waals surface area contributed by atoms with Gasteiger partial charge in [0, 0.05) is 25.4 Å². The van der Waals surface area contributed by atoms with E-state index in [1.807, 2.05) is 0 Å². The fraction of sp³-hybridized carbons (Fsp3) is 0.429. The van der Waals surface area contributed by atoms with E-state index in [-0.39, 0.29) is 18.4 Å². The summed E-state index contributed by atoms with van der Waals surface area (Å²) in [5.74, 6) is -0.154. The minimum absolute atomic E-state index is 0.181. The van der Waals surface area contributed by atoms with Crippen LogP contribution in [0, 0.1) is 0 Å². The Kier molecular flexibility index (Phi) is 7.03. The number of amides is 2. The molecule has 0 fully saturated rings. The largest absolute Gasteiger partial charge is 0.484 e. The number of carbonyl (C=O) groups excluding carboxylic acids is 2. The standard InChI is InChI=1S/C14H21N3O4/c1-10(14(19)16-6-7-20-2)17-13(18)9-21-12-5-3-4-11(15)8-12/h3-5,8,10H,6-7,9,15H2,1-2H3,(H,16,19)(H,17,18). The lowest BCUT2D eigenvalue weighted by molar-refractivity contribution is -0.129.